The third-order valence-corrected chi connectivity index (χ3v) is 14.0. The van der Waals surface area contributed by atoms with E-state index in [-0.39, 0.29) is 29.7 Å². The number of nitrogens with one attached hydrogen (secondary N) is 2. The number of hydrogen-bond donors (Lipinski definition) is 2. The molecule has 2 amide bonds. The zero-order valence-electron chi connectivity index (χ0n) is 45.0. The Balaban J connectivity index is 0.000000237. The van der Waals surface area contributed by atoms with Gasteiger partial charge in [-0.1, -0.05) is 18.9 Å². The van der Waals surface area contributed by atoms with Crippen LogP contribution in [0.1, 0.15) is 91.8 Å². The molecular formula is C57H75F2N11O6. The van der Waals surface area contributed by atoms with Gasteiger partial charge in [-0.25, -0.2) is 18.3 Å². The highest BCUT2D eigenvalue weighted by molar-refractivity contribution is 5.85. The average molecular weight is 1050 g/mol. The van der Waals surface area contributed by atoms with Crippen LogP contribution in [0.5, 0.6) is 5.75 Å². The Morgan fingerprint density at radius 3 is 2.22 bits per heavy atom. The summed E-state index contributed by atoms with van der Waals surface area (Å²) in [6.07, 6.45) is 15.9. The van der Waals surface area contributed by atoms with Crippen LogP contribution in [0.15, 0.2) is 73.2 Å². The van der Waals surface area contributed by atoms with E-state index < -0.39 is 17.7 Å². The molecular weight excluding hydrogens is 973 g/mol. The minimum Gasteiger partial charge on any atom is -0.492 e. The number of likely N-dealkylation sites (N-methyl/N-ethyl adjacent to an activating group) is 3. The van der Waals surface area contributed by atoms with Gasteiger partial charge < -0.3 is 44.6 Å². The van der Waals surface area contributed by atoms with Crippen LogP contribution in [0.2, 0.25) is 0 Å². The van der Waals surface area contributed by atoms with Gasteiger partial charge in [-0.05, 0) is 133 Å². The maximum atomic E-state index is 12.4. The van der Waals surface area contributed by atoms with Crippen LogP contribution in [-0.4, -0.2) is 159 Å². The lowest BCUT2D eigenvalue weighted by Crippen LogP contribution is -2.57. The Morgan fingerprint density at radius 2 is 1.63 bits per heavy atom. The predicted octanol–water partition coefficient (Wildman–Crippen LogP) is 6.88. The summed E-state index contributed by atoms with van der Waals surface area (Å²) in [4.78, 5) is 70.9. The standard InChI is InChI=1S/C26H40N4O4.C24H31N7O.C7H4F2O/c1-22-19-24(29-15-13-28(14-16-29)12-6-4-3-5-7-17-31)11-10-23(22)20-30(21-33)25(9-8-18-32)26(34)27-2;1-5-32-20-12-21(23-19(13-25)15-28-31(23)16-20)18-6-7-22(27-14-18)30-10-8-24(26-2,9-11-30)17-29(3)4;8-6-1-2-7(9)5(3-6)4-10/h10-11,17-19,21,25H,3-9,12-16,20H2,1-2H3,(H,27,34);6-7,12,14-16,26H,5,8-11,17H2,1-4H3;1-4H. The lowest BCUT2D eigenvalue weighted by Gasteiger charge is -2.43. The van der Waals surface area contributed by atoms with Gasteiger partial charge in [0.1, 0.15) is 47.9 Å². The number of aldehydes is 3. The number of amides is 2. The zero-order chi connectivity index (χ0) is 55.0. The highest BCUT2D eigenvalue weighted by Gasteiger charge is 2.34. The molecule has 0 radical (unpaired) electrons. The van der Waals surface area contributed by atoms with Crippen LogP contribution < -0.4 is 25.2 Å². The third-order valence-electron chi connectivity index (χ3n) is 14.0. The molecule has 2 aliphatic rings. The third kappa shape index (κ3) is 16.9. The molecule has 2 saturated heterocycles. The maximum absolute atomic E-state index is 12.4. The number of carbonyl (C=O) groups excluding carboxylic acids is 5. The molecule has 2 N–H and O–H groups in total. The summed E-state index contributed by atoms with van der Waals surface area (Å²) < 4.78 is 32.0. The fourth-order valence-electron chi connectivity index (χ4n) is 9.70. The van der Waals surface area contributed by atoms with Crippen molar-refractivity contribution in [3.05, 3.63) is 107 Å². The molecule has 3 aromatic heterocycles. The van der Waals surface area contributed by atoms with Gasteiger partial charge in [0.2, 0.25) is 12.3 Å². The van der Waals surface area contributed by atoms with Gasteiger partial charge in [0.05, 0.1) is 35.6 Å². The van der Waals surface area contributed by atoms with Gasteiger partial charge in [0.15, 0.2) is 6.29 Å². The second-order valence-electron chi connectivity index (χ2n) is 19.4. The molecule has 19 heteroatoms. The summed E-state index contributed by atoms with van der Waals surface area (Å²) in [6.45, 7) is 13.0. The van der Waals surface area contributed by atoms with Gasteiger partial charge in [0.25, 0.3) is 0 Å². The Kier molecular flexibility index (Phi) is 23.9. The number of pyridine rings is 2. The number of halogens is 2. The summed E-state index contributed by atoms with van der Waals surface area (Å²) in [6, 6.07) is 16.7. The van der Waals surface area contributed by atoms with Crippen molar-refractivity contribution in [1.82, 2.24) is 39.9 Å². The molecule has 76 heavy (non-hydrogen) atoms. The van der Waals surface area contributed by atoms with Crippen LogP contribution in [0.25, 0.3) is 16.6 Å². The molecule has 5 heterocycles. The van der Waals surface area contributed by atoms with Crippen molar-refractivity contribution < 1.29 is 37.5 Å². The molecule has 408 valence electrons. The largest absolute Gasteiger partial charge is 0.492 e. The second-order valence-corrected chi connectivity index (χ2v) is 19.4. The number of nitrogens with zero attached hydrogens (tertiary/aromatic N) is 9. The van der Waals surface area contributed by atoms with Crippen LogP contribution in [0.4, 0.5) is 20.3 Å². The highest BCUT2D eigenvalue weighted by atomic mass is 19.1. The number of aromatic nitrogens is 3. The first-order valence-corrected chi connectivity index (χ1v) is 26.1. The van der Waals surface area contributed by atoms with E-state index in [1.165, 1.54) is 30.5 Å². The summed E-state index contributed by atoms with van der Waals surface area (Å²) in [5.41, 5.74) is 6.28. The van der Waals surface area contributed by atoms with Gasteiger partial charge >= 0.3 is 0 Å². The van der Waals surface area contributed by atoms with E-state index in [2.05, 4.69) is 86.8 Å². The van der Waals surface area contributed by atoms with Crippen LogP contribution >= 0.6 is 0 Å². The monoisotopic (exact) mass is 1050 g/mol. The Labute approximate surface area is 446 Å². The lowest BCUT2D eigenvalue weighted by atomic mass is 9.87. The van der Waals surface area contributed by atoms with Crippen molar-refractivity contribution in [2.75, 3.05) is 97.0 Å². The maximum Gasteiger partial charge on any atom is 0.242 e. The normalized spacial score (nSPS) is 14.6. The fraction of sp³-hybridized carbons (Fsp3) is 0.474. The fourth-order valence-corrected chi connectivity index (χ4v) is 9.70. The Hall–Kier alpha value is -7.14. The summed E-state index contributed by atoms with van der Waals surface area (Å²) in [5.74, 6) is 0.128. The molecule has 5 aromatic rings. The molecule has 1 atom stereocenters. The lowest BCUT2D eigenvalue weighted by molar-refractivity contribution is -0.133. The molecule has 1 unspecified atom stereocenters. The Bertz CT molecular complexity index is 2700. The number of unbranched alkanes of at least 4 members (excludes halogenated alkanes) is 4. The SMILES string of the molecule is CCOc1cc(-c2ccc(N3CCC(CN(C)C)(NC)CC3)nc2)c2c(C#N)cnn2c1.CNC(=O)C(CCC=O)N(C=O)Cc1ccc(N2CCN(CCCCCCC=O)CC2)cc1C.O=Cc1cc(F)ccc1F. The molecule has 0 saturated carbocycles. The first-order valence-electron chi connectivity index (χ1n) is 26.1. The number of carbonyl (C=O) groups is 5. The van der Waals surface area contributed by atoms with Gasteiger partial charge in [-0.2, -0.15) is 10.4 Å². The van der Waals surface area contributed by atoms with Gasteiger partial charge in [0, 0.05) is 101 Å². The predicted molar refractivity (Wildman–Crippen MR) is 292 cm³/mol. The number of fused-ring (bicyclic) bond motifs is 1. The number of piperazine rings is 1. The van der Waals surface area contributed by atoms with Crippen molar-refractivity contribution in [1.29, 1.82) is 5.26 Å². The second kappa shape index (κ2) is 30.4. The van der Waals surface area contributed by atoms with Crippen LogP contribution in [0.3, 0.4) is 0 Å². The van der Waals surface area contributed by atoms with Gasteiger partial charge in [-0.3, -0.25) is 19.3 Å². The smallest absolute Gasteiger partial charge is 0.242 e. The van der Waals surface area contributed by atoms with Crippen molar-refractivity contribution in [3.63, 3.8) is 0 Å². The zero-order valence-corrected chi connectivity index (χ0v) is 45.0. The minimum atomic E-state index is -0.698. The molecule has 0 spiro atoms. The molecule has 2 aromatic carbocycles. The van der Waals surface area contributed by atoms with Gasteiger partial charge in [-0.15, -0.1) is 0 Å². The van der Waals surface area contributed by atoms with E-state index in [9.17, 15) is 38.0 Å². The summed E-state index contributed by atoms with van der Waals surface area (Å²) in [7, 11) is 7.85. The van der Waals surface area contributed by atoms with Crippen LogP contribution in [-0.2, 0) is 25.7 Å². The van der Waals surface area contributed by atoms with E-state index >= 15 is 0 Å². The number of benzene rings is 2. The molecule has 2 fully saturated rings. The number of rotatable bonds is 24. The first kappa shape index (κ1) is 59.7. The molecule has 0 aliphatic carbocycles. The molecule has 2 aliphatic heterocycles. The first-order chi connectivity index (χ1) is 36.7. The van der Waals surface area contributed by atoms with E-state index in [1.54, 1.807) is 16.9 Å². The summed E-state index contributed by atoms with van der Waals surface area (Å²) in [5, 5.41) is 20.0. The number of piperidine rings is 1. The molecule has 17 nitrogen and oxygen atoms in total. The topological polar surface area (TPSA) is 189 Å². The number of hydrogen-bond acceptors (Lipinski definition) is 14. The Morgan fingerprint density at radius 1 is 0.895 bits per heavy atom. The minimum absolute atomic E-state index is 0.154. The van der Waals surface area contributed by atoms with Crippen molar-refractivity contribution in [3.8, 4) is 22.9 Å². The van der Waals surface area contributed by atoms with E-state index in [1.807, 2.05) is 32.2 Å². The number of aryl methyl sites for hydroxylation is 1. The number of anilines is 2. The van der Waals surface area contributed by atoms with Crippen LogP contribution in [0, 0.1) is 29.9 Å². The number of ether oxygens (including phenoxy) is 1. The van der Waals surface area contributed by atoms with Crippen molar-refractivity contribution in [2.45, 2.75) is 89.8 Å². The van der Waals surface area contributed by atoms with E-state index in [0.29, 0.717) is 43.7 Å². The quantitative estimate of drug-likeness (QED) is 0.0481. The van der Waals surface area contributed by atoms with Crippen molar-refractivity contribution in [2.24, 2.45) is 0 Å². The van der Waals surface area contributed by atoms with E-state index in [4.69, 9.17) is 9.72 Å². The average Bonchev–Trinajstić information content (AvgIpc) is 3.86. The summed E-state index contributed by atoms with van der Waals surface area (Å²) >= 11 is 0. The molecule has 0 bridgehead atoms. The van der Waals surface area contributed by atoms with E-state index in [0.717, 1.165) is 142 Å². The highest BCUT2D eigenvalue weighted by Crippen LogP contribution is 2.33. The van der Waals surface area contributed by atoms with Crippen molar-refractivity contribution >= 4 is 48.2 Å². The number of nitriles is 1. The molecule has 7 rings (SSSR count).